The summed E-state index contributed by atoms with van der Waals surface area (Å²) in [5.74, 6) is 0. The first-order chi connectivity index (χ1) is 18.7. The van der Waals surface area contributed by atoms with Crippen LogP contribution < -0.4 is 0 Å². The molecule has 4 atom stereocenters. The van der Waals surface area contributed by atoms with Gasteiger partial charge in [-0.3, -0.25) is 9.36 Å². The molecule has 3 aromatic carbocycles. The zero-order valence-electron chi connectivity index (χ0n) is 20.8. The zero-order chi connectivity index (χ0) is 26.2. The monoisotopic (exact) mass is 576 g/mol. The number of hydrogen-bond donors (Lipinski definition) is 0. The van der Waals surface area contributed by atoms with Crippen LogP contribution in [0.1, 0.15) is 33.4 Å². The summed E-state index contributed by atoms with van der Waals surface area (Å²) in [5, 5.41) is 0. The van der Waals surface area contributed by atoms with Gasteiger partial charge in [0, 0.05) is 0 Å². The fraction of sp³-hybridized carbons (Fsp3) is 0.267. The summed E-state index contributed by atoms with van der Waals surface area (Å²) in [6, 6.07) is 29.9. The minimum atomic E-state index is -0.635. The van der Waals surface area contributed by atoms with Gasteiger partial charge in [0.15, 0.2) is 12.5 Å². The molecule has 5 rings (SSSR count). The van der Waals surface area contributed by atoms with E-state index in [0.717, 1.165) is 23.0 Å². The second-order valence-corrected chi connectivity index (χ2v) is 9.79. The van der Waals surface area contributed by atoms with E-state index in [0.29, 0.717) is 36.7 Å². The molecule has 4 aromatic rings. The maximum Gasteiger partial charge on any atom is 0.169 e. The topological polar surface area (TPSA) is 71.8 Å². The first-order valence-electron chi connectivity index (χ1n) is 12.5. The van der Waals surface area contributed by atoms with E-state index in [1.54, 1.807) is 10.9 Å². The molecule has 0 N–H and O–H groups in total. The number of rotatable bonds is 12. The summed E-state index contributed by atoms with van der Waals surface area (Å²) in [6.45, 7) is 1.49. The second-order valence-electron chi connectivity index (χ2n) is 9.03. The molecule has 1 aromatic heterocycles. The summed E-state index contributed by atoms with van der Waals surface area (Å²) < 4.78 is 27.7. The van der Waals surface area contributed by atoms with Gasteiger partial charge in [-0.15, -0.1) is 0 Å². The molecule has 0 spiro atoms. The smallest absolute Gasteiger partial charge is 0.169 e. The van der Waals surface area contributed by atoms with E-state index in [2.05, 4.69) is 20.9 Å². The molecule has 7 nitrogen and oxygen atoms in total. The van der Waals surface area contributed by atoms with Gasteiger partial charge in [0.1, 0.15) is 28.6 Å². The number of hydrogen-bond acceptors (Lipinski definition) is 6. The molecule has 38 heavy (non-hydrogen) atoms. The largest absolute Gasteiger partial charge is 0.374 e. The van der Waals surface area contributed by atoms with E-state index in [9.17, 15) is 4.79 Å². The molecular formula is C30H29BrN2O5. The Morgan fingerprint density at radius 3 is 1.87 bits per heavy atom. The highest BCUT2D eigenvalue weighted by atomic mass is 79.9. The molecule has 1 aliphatic heterocycles. The van der Waals surface area contributed by atoms with Crippen molar-refractivity contribution < 1.29 is 23.7 Å². The van der Waals surface area contributed by atoms with E-state index < -0.39 is 24.5 Å². The van der Waals surface area contributed by atoms with Crippen LogP contribution in [0, 0.1) is 0 Å². The van der Waals surface area contributed by atoms with Crippen LogP contribution in [0.25, 0.3) is 0 Å². The molecule has 8 heteroatoms. The highest BCUT2D eigenvalue weighted by molar-refractivity contribution is 9.10. The van der Waals surface area contributed by atoms with Crippen LogP contribution in [0.3, 0.4) is 0 Å². The normalized spacial score (nSPS) is 21.0. The number of aldehydes is 1. The van der Waals surface area contributed by atoms with Crippen molar-refractivity contribution in [1.82, 2.24) is 9.55 Å². The Kier molecular flexibility index (Phi) is 9.11. The fourth-order valence-corrected chi connectivity index (χ4v) is 4.90. The van der Waals surface area contributed by atoms with E-state index in [1.165, 1.54) is 0 Å². The molecule has 1 saturated heterocycles. The quantitative estimate of drug-likeness (QED) is 0.200. The maximum absolute atomic E-state index is 11.9. The first-order valence-corrected chi connectivity index (χ1v) is 13.3. The zero-order valence-corrected chi connectivity index (χ0v) is 22.4. The second kappa shape index (κ2) is 13.1. The van der Waals surface area contributed by atoms with Crippen molar-refractivity contribution in [2.45, 2.75) is 44.4 Å². The molecule has 0 radical (unpaired) electrons. The predicted octanol–water partition coefficient (Wildman–Crippen LogP) is 5.74. The Balaban J connectivity index is 1.40. The number of nitrogens with zero attached hydrogens (tertiary/aromatic N) is 2. The summed E-state index contributed by atoms with van der Waals surface area (Å²) >= 11 is 3.36. The maximum atomic E-state index is 11.9. The standard InChI is InChI=1S/C30H29BrN2O5/c31-29-25(16-34)33(21-32-29)30-28(37-19-24-14-8-3-9-15-24)27(36-18-23-12-6-2-7-13-23)26(38-30)20-35-17-22-10-4-1-5-11-22/h1-16,21,26-28,30H,17-20H2/t26-,27-,28-,30-/m1/s1. The minimum Gasteiger partial charge on any atom is -0.374 e. The Labute approximate surface area is 230 Å². The van der Waals surface area contributed by atoms with Gasteiger partial charge in [-0.25, -0.2) is 4.98 Å². The van der Waals surface area contributed by atoms with Crippen LogP contribution in [0.4, 0.5) is 0 Å². The Bertz CT molecular complexity index is 1290. The van der Waals surface area contributed by atoms with Crippen molar-refractivity contribution in [3.8, 4) is 0 Å². The molecule has 0 saturated carbocycles. The lowest BCUT2D eigenvalue weighted by Gasteiger charge is -2.25. The number of carbonyl (C=O) groups excluding carboxylic acids is 1. The molecule has 0 bridgehead atoms. The van der Waals surface area contributed by atoms with Crippen LogP contribution >= 0.6 is 15.9 Å². The molecular weight excluding hydrogens is 548 g/mol. The lowest BCUT2D eigenvalue weighted by Crippen LogP contribution is -2.38. The third-order valence-corrected chi connectivity index (χ3v) is 7.03. The predicted molar refractivity (Wildman–Crippen MR) is 145 cm³/mol. The van der Waals surface area contributed by atoms with Crippen molar-refractivity contribution in [3.05, 3.63) is 124 Å². The van der Waals surface area contributed by atoms with Gasteiger partial charge in [-0.05, 0) is 32.6 Å². The van der Waals surface area contributed by atoms with E-state index in [1.807, 2.05) is 91.0 Å². The average Bonchev–Trinajstić information content (AvgIpc) is 3.51. The summed E-state index contributed by atoms with van der Waals surface area (Å²) in [7, 11) is 0. The Morgan fingerprint density at radius 1 is 0.789 bits per heavy atom. The third-order valence-electron chi connectivity index (χ3n) is 6.42. The molecule has 0 unspecified atom stereocenters. The Morgan fingerprint density at radius 2 is 1.32 bits per heavy atom. The van der Waals surface area contributed by atoms with Crippen molar-refractivity contribution >= 4 is 22.2 Å². The van der Waals surface area contributed by atoms with E-state index >= 15 is 0 Å². The van der Waals surface area contributed by atoms with Crippen LogP contribution in [-0.4, -0.2) is 40.8 Å². The molecule has 0 aliphatic carbocycles. The highest BCUT2D eigenvalue weighted by Gasteiger charge is 2.48. The number of aromatic nitrogens is 2. The molecule has 2 heterocycles. The van der Waals surface area contributed by atoms with Crippen LogP contribution in [0.5, 0.6) is 0 Å². The van der Waals surface area contributed by atoms with Crippen molar-refractivity contribution in [2.24, 2.45) is 0 Å². The number of benzene rings is 3. The van der Waals surface area contributed by atoms with Gasteiger partial charge >= 0.3 is 0 Å². The van der Waals surface area contributed by atoms with Gasteiger partial charge < -0.3 is 18.9 Å². The van der Waals surface area contributed by atoms with Gasteiger partial charge in [-0.2, -0.15) is 0 Å². The molecule has 1 fully saturated rings. The first kappa shape index (κ1) is 26.5. The summed E-state index contributed by atoms with van der Waals surface area (Å²) in [5.41, 5.74) is 3.51. The minimum absolute atomic E-state index is 0.294. The summed E-state index contributed by atoms with van der Waals surface area (Å²) in [4.78, 5) is 16.2. The highest BCUT2D eigenvalue weighted by Crippen LogP contribution is 2.36. The molecule has 0 amide bonds. The van der Waals surface area contributed by atoms with Crippen molar-refractivity contribution in [2.75, 3.05) is 6.61 Å². The van der Waals surface area contributed by atoms with Gasteiger partial charge in [0.2, 0.25) is 0 Å². The van der Waals surface area contributed by atoms with Crippen LogP contribution in [0.2, 0.25) is 0 Å². The lowest BCUT2D eigenvalue weighted by atomic mass is 10.1. The SMILES string of the molecule is O=Cc1c(Br)ncn1[C@@H]1O[C@H](COCc2ccccc2)[C@@H](OCc2ccccc2)[C@H]1OCc1ccccc1. The van der Waals surface area contributed by atoms with Crippen LogP contribution in [0.15, 0.2) is 102 Å². The Hall–Kier alpha value is -3.14. The van der Waals surface area contributed by atoms with Crippen LogP contribution in [-0.2, 0) is 38.8 Å². The number of ether oxygens (including phenoxy) is 4. The van der Waals surface area contributed by atoms with Gasteiger partial charge in [0.05, 0.1) is 32.8 Å². The van der Waals surface area contributed by atoms with Gasteiger partial charge in [0.25, 0.3) is 0 Å². The molecule has 196 valence electrons. The van der Waals surface area contributed by atoms with E-state index in [-0.39, 0.29) is 0 Å². The van der Waals surface area contributed by atoms with E-state index in [4.69, 9.17) is 18.9 Å². The number of imidazole rings is 1. The lowest BCUT2D eigenvalue weighted by molar-refractivity contribution is -0.0917. The molecule has 1 aliphatic rings. The van der Waals surface area contributed by atoms with Crippen molar-refractivity contribution in [3.63, 3.8) is 0 Å². The fourth-order valence-electron chi connectivity index (χ4n) is 4.51. The third kappa shape index (κ3) is 6.46. The van der Waals surface area contributed by atoms with Crippen molar-refractivity contribution in [1.29, 1.82) is 0 Å². The number of carbonyl (C=O) groups is 1. The number of halogens is 1. The van der Waals surface area contributed by atoms with Gasteiger partial charge in [-0.1, -0.05) is 91.0 Å². The summed E-state index contributed by atoms with van der Waals surface area (Å²) in [6.07, 6.45) is 0.286. The average molecular weight is 577 g/mol.